The van der Waals surface area contributed by atoms with Crippen LogP contribution in [0.3, 0.4) is 0 Å². The summed E-state index contributed by atoms with van der Waals surface area (Å²) in [7, 11) is 0. The number of carbonyl (C=O) groups is 1. The Balaban J connectivity index is 1.53. The van der Waals surface area contributed by atoms with Gasteiger partial charge in [0.25, 0.3) is 5.91 Å². The summed E-state index contributed by atoms with van der Waals surface area (Å²) in [6, 6.07) is 27.9. The molecule has 0 aliphatic carbocycles. The van der Waals surface area contributed by atoms with Gasteiger partial charge in [0.15, 0.2) is 11.6 Å². The van der Waals surface area contributed by atoms with Crippen molar-refractivity contribution in [1.82, 2.24) is 10.9 Å². The summed E-state index contributed by atoms with van der Waals surface area (Å²) < 4.78 is 13.9. The van der Waals surface area contributed by atoms with Crippen LogP contribution in [0.15, 0.2) is 105 Å². The zero-order valence-corrected chi connectivity index (χ0v) is 28.1. The molecule has 1 aliphatic heterocycles. The van der Waals surface area contributed by atoms with E-state index in [0.717, 1.165) is 25.6 Å². The Morgan fingerprint density at radius 1 is 0.955 bits per heavy atom. The number of rotatable bonds is 12. The van der Waals surface area contributed by atoms with E-state index in [-0.39, 0.29) is 25.5 Å². The van der Waals surface area contributed by atoms with Crippen molar-refractivity contribution in [3.05, 3.63) is 132 Å². The molecular weight excluding hydrogens is 733 g/mol. The lowest BCUT2D eigenvalue weighted by Gasteiger charge is -2.31. The van der Waals surface area contributed by atoms with Crippen LogP contribution >= 0.6 is 55.1 Å². The van der Waals surface area contributed by atoms with Crippen LogP contribution in [0.25, 0.3) is 0 Å². The van der Waals surface area contributed by atoms with E-state index in [2.05, 4.69) is 42.7 Å². The number of hydrazine groups is 1. The molecular formula is C33H29Br2Cl2N3O4. The molecule has 0 fully saturated rings. The van der Waals surface area contributed by atoms with Gasteiger partial charge in [-0.2, -0.15) is 0 Å². The lowest BCUT2D eigenvalue weighted by atomic mass is 9.82. The largest absolute Gasteiger partial charge is 0.494 e. The number of nitrogens with zero attached hydrogens (tertiary/aromatic N) is 1. The first-order valence-corrected chi connectivity index (χ1v) is 16.2. The predicted molar refractivity (Wildman–Crippen MR) is 180 cm³/mol. The number of hydrogen-bond acceptors (Lipinski definition) is 6. The maximum absolute atomic E-state index is 14.4. The van der Waals surface area contributed by atoms with Crippen LogP contribution in [-0.2, 0) is 22.5 Å². The zero-order chi connectivity index (χ0) is 31.1. The summed E-state index contributed by atoms with van der Waals surface area (Å²) in [5, 5.41) is 10.1. The first-order valence-electron chi connectivity index (χ1n) is 13.9. The molecule has 4 aromatic carbocycles. The zero-order valence-electron chi connectivity index (χ0n) is 23.4. The minimum Gasteiger partial charge on any atom is -0.494 e. The molecule has 0 saturated heterocycles. The molecule has 0 saturated carbocycles. The molecule has 4 aromatic rings. The molecule has 7 nitrogen and oxygen atoms in total. The predicted octanol–water partition coefficient (Wildman–Crippen LogP) is 7.60. The number of hydrogen-bond donors (Lipinski definition) is 3. The van der Waals surface area contributed by atoms with Crippen molar-refractivity contribution in [3.63, 3.8) is 0 Å². The quantitative estimate of drug-likeness (QED) is 0.102. The Bertz CT molecular complexity index is 1650. The van der Waals surface area contributed by atoms with Gasteiger partial charge in [0, 0.05) is 56.1 Å². The molecule has 1 aliphatic rings. The highest BCUT2D eigenvalue weighted by atomic mass is 79.9. The van der Waals surface area contributed by atoms with Crippen LogP contribution in [0.2, 0.25) is 10.0 Å². The van der Waals surface area contributed by atoms with Gasteiger partial charge in [-0.15, -0.1) is 0 Å². The fourth-order valence-electron chi connectivity index (χ4n) is 4.87. The molecule has 44 heavy (non-hydrogen) atoms. The van der Waals surface area contributed by atoms with Crippen molar-refractivity contribution in [2.75, 3.05) is 13.2 Å². The summed E-state index contributed by atoms with van der Waals surface area (Å²) >= 11 is 19.8. The Kier molecular flexibility index (Phi) is 11.0. The monoisotopic (exact) mass is 759 g/mol. The molecule has 3 N–H and O–H groups in total. The number of halogens is 4. The van der Waals surface area contributed by atoms with E-state index < -0.39 is 11.6 Å². The Hall–Kier alpha value is -2.92. The minimum absolute atomic E-state index is 0.0580. The number of carbonyl (C=O) groups excluding carboxylic acids is 1. The van der Waals surface area contributed by atoms with Gasteiger partial charge >= 0.3 is 0 Å². The maximum atomic E-state index is 14.4. The summed E-state index contributed by atoms with van der Waals surface area (Å²) in [4.78, 5) is 19.5. The fourth-order valence-corrected chi connectivity index (χ4v) is 6.27. The molecule has 11 heteroatoms. The second-order valence-electron chi connectivity index (χ2n) is 10.1. The third kappa shape index (κ3) is 7.47. The maximum Gasteiger partial charge on any atom is 0.266 e. The van der Waals surface area contributed by atoms with E-state index in [4.69, 9.17) is 42.8 Å². The summed E-state index contributed by atoms with van der Waals surface area (Å²) in [6.07, 6.45) is -0.000883. The van der Waals surface area contributed by atoms with Gasteiger partial charge in [0.1, 0.15) is 5.75 Å². The van der Waals surface area contributed by atoms with Crippen LogP contribution < -0.4 is 15.6 Å². The average Bonchev–Trinajstić information content (AvgIpc) is 3.40. The van der Waals surface area contributed by atoms with Crippen molar-refractivity contribution in [1.29, 1.82) is 0 Å². The van der Waals surface area contributed by atoms with Crippen LogP contribution in [-0.4, -0.2) is 35.7 Å². The molecule has 228 valence electrons. The molecule has 0 unspecified atom stereocenters. The molecule has 0 aromatic heterocycles. The van der Waals surface area contributed by atoms with Crippen molar-refractivity contribution in [2.45, 2.75) is 31.0 Å². The molecule has 0 radical (unpaired) electrons. The van der Waals surface area contributed by atoms with Crippen molar-refractivity contribution < 1.29 is 19.4 Å². The minimum atomic E-state index is -1.41. The molecule has 2 atom stereocenters. The summed E-state index contributed by atoms with van der Waals surface area (Å²) in [5.74, 6) is 0.610. The number of aliphatic hydroxyl groups is 1. The first kappa shape index (κ1) is 32.5. The first-order chi connectivity index (χ1) is 21.3. The van der Waals surface area contributed by atoms with E-state index in [0.29, 0.717) is 40.3 Å². The molecule has 5 rings (SSSR count). The van der Waals surface area contributed by atoms with Gasteiger partial charge in [-0.3, -0.25) is 10.2 Å². The number of amides is 1. The molecule has 0 spiro atoms. The summed E-state index contributed by atoms with van der Waals surface area (Å²) in [5.41, 5.74) is 7.64. The van der Waals surface area contributed by atoms with Crippen LogP contribution in [0, 0.1) is 0 Å². The standard InChI is InChI=1S/C33H29Br2Cl2N3O4/c34-27-8-3-1-6-22(27)19-33(32(42)40-38-20-23-10-13-24(36)18-29(23)37)30(26-7-2-4-9-28(26)35)44-31(39-33)21-11-14-25(15-12-21)43-17-5-16-41/h1-4,6-15,18,30,38,41H,5,16-17,19-20H2,(H,40,42)/t30-,33-/m0/s1. The lowest BCUT2D eigenvalue weighted by Crippen LogP contribution is -2.53. The lowest BCUT2D eigenvalue weighted by molar-refractivity contribution is -0.130. The third-order valence-electron chi connectivity index (χ3n) is 7.13. The Morgan fingerprint density at radius 3 is 2.39 bits per heavy atom. The highest BCUT2D eigenvalue weighted by Crippen LogP contribution is 2.45. The molecule has 0 bridgehead atoms. The fraction of sp³-hybridized carbons (Fsp3) is 0.212. The second kappa shape index (κ2) is 14.9. The smallest absolute Gasteiger partial charge is 0.266 e. The SMILES string of the molecule is O=C(NNCc1ccc(Cl)cc1Cl)[C@@]1(Cc2ccccc2Br)N=C(c2ccc(OCCCO)cc2)O[C@H]1c1ccccc1Br. The van der Waals surface area contributed by atoms with E-state index in [1.165, 1.54) is 0 Å². The number of aliphatic imine (C=N–C) groups is 1. The molecule has 1 heterocycles. The number of aliphatic hydroxyl groups excluding tert-OH is 1. The third-order valence-corrected chi connectivity index (χ3v) is 9.21. The van der Waals surface area contributed by atoms with Crippen LogP contribution in [0.1, 0.15) is 34.8 Å². The number of benzene rings is 4. The van der Waals surface area contributed by atoms with E-state index in [1.807, 2.05) is 72.8 Å². The highest BCUT2D eigenvalue weighted by Gasteiger charge is 2.54. The topological polar surface area (TPSA) is 92.2 Å². The van der Waals surface area contributed by atoms with Gasteiger partial charge in [0.2, 0.25) is 5.90 Å². The van der Waals surface area contributed by atoms with Gasteiger partial charge < -0.3 is 14.6 Å². The van der Waals surface area contributed by atoms with E-state index >= 15 is 0 Å². The van der Waals surface area contributed by atoms with Crippen LogP contribution in [0.5, 0.6) is 5.75 Å². The average molecular weight is 762 g/mol. The van der Waals surface area contributed by atoms with Crippen molar-refractivity contribution in [3.8, 4) is 5.75 Å². The second-order valence-corrected chi connectivity index (χ2v) is 12.7. The van der Waals surface area contributed by atoms with E-state index in [1.54, 1.807) is 18.2 Å². The highest BCUT2D eigenvalue weighted by molar-refractivity contribution is 9.10. The van der Waals surface area contributed by atoms with E-state index in [9.17, 15) is 4.79 Å². The van der Waals surface area contributed by atoms with Crippen molar-refractivity contribution in [2.24, 2.45) is 4.99 Å². The van der Waals surface area contributed by atoms with Gasteiger partial charge in [-0.05, 0) is 59.7 Å². The Labute approximate surface area is 282 Å². The van der Waals surface area contributed by atoms with Gasteiger partial charge in [-0.1, -0.05) is 97.5 Å². The normalized spacial score (nSPS) is 17.6. The number of nitrogens with one attached hydrogen (secondary N) is 2. The van der Waals surface area contributed by atoms with Crippen molar-refractivity contribution >= 4 is 66.9 Å². The molecule has 1 amide bonds. The Morgan fingerprint density at radius 2 is 1.68 bits per heavy atom. The van der Waals surface area contributed by atoms with Gasteiger partial charge in [-0.25, -0.2) is 10.4 Å². The van der Waals surface area contributed by atoms with Gasteiger partial charge in [0.05, 0.1) is 6.61 Å². The number of ether oxygens (including phenoxy) is 2. The van der Waals surface area contributed by atoms with Crippen LogP contribution in [0.4, 0.5) is 0 Å². The summed E-state index contributed by atoms with van der Waals surface area (Å²) in [6.45, 7) is 0.727.